The molecule has 5 aromatic rings. The van der Waals surface area contributed by atoms with Gasteiger partial charge in [-0.25, -0.2) is 0 Å². The molecule has 3 amide bonds. The van der Waals surface area contributed by atoms with Gasteiger partial charge >= 0.3 is 0 Å². The highest BCUT2D eigenvalue weighted by atomic mass is 16.6. The van der Waals surface area contributed by atoms with E-state index in [-0.39, 0.29) is 18.2 Å². The number of carbonyl (C=O) groups excluding carboxylic acids is 3. The second kappa shape index (κ2) is 8.92. The van der Waals surface area contributed by atoms with Crippen LogP contribution in [0.1, 0.15) is 48.3 Å². The number of aliphatic hydroxyl groups is 1. The van der Waals surface area contributed by atoms with Crippen LogP contribution < -0.4 is 16.0 Å². The minimum atomic E-state index is -1.91. The number of aromatic nitrogens is 2. The number of hydrogen-bond donors (Lipinski definition) is 4. The number of carbonyl (C=O) groups is 3. The van der Waals surface area contributed by atoms with Crippen LogP contribution in [-0.2, 0) is 26.6 Å². The van der Waals surface area contributed by atoms with E-state index in [2.05, 4.69) is 27.1 Å². The molecule has 0 aliphatic carbocycles. The van der Waals surface area contributed by atoms with E-state index in [1.807, 2.05) is 53.1 Å². The highest BCUT2D eigenvalue weighted by Crippen LogP contribution is 2.57. The lowest BCUT2D eigenvalue weighted by atomic mass is 9.87. The molecule has 5 heterocycles. The fourth-order valence-electron chi connectivity index (χ4n) is 7.63. The molecular formula is C33H31N5O5. The maximum Gasteiger partial charge on any atom is 0.257 e. The SMILES string of the molecule is C=CC(=O)NCCCCNC(=O)[C@@]1(O)CC2O[C@]1(C)n1c3ccccc3c3c4c(c5c6ccccc6n2c5c31)C(=O)NC4. The largest absolute Gasteiger partial charge is 0.376 e. The van der Waals surface area contributed by atoms with Gasteiger partial charge in [-0.15, -0.1) is 0 Å². The lowest BCUT2D eigenvalue weighted by molar-refractivity contribution is -0.187. The summed E-state index contributed by atoms with van der Waals surface area (Å²) in [5, 5.41) is 24.9. The highest BCUT2D eigenvalue weighted by molar-refractivity contribution is 6.31. The van der Waals surface area contributed by atoms with E-state index in [0.29, 0.717) is 38.0 Å². The normalized spacial score (nSPS) is 23.7. The number of nitrogens with zero attached hydrogens (tertiary/aromatic N) is 2. The first-order valence-corrected chi connectivity index (χ1v) is 14.7. The van der Waals surface area contributed by atoms with Crippen LogP contribution in [0.4, 0.5) is 0 Å². The molecule has 10 heteroatoms. The van der Waals surface area contributed by atoms with Crippen molar-refractivity contribution < 1.29 is 24.2 Å². The van der Waals surface area contributed by atoms with E-state index < -0.39 is 23.5 Å². The van der Waals surface area contributed by atoms with Gasteiger partial charge < -0.3 is 34.9 Å². The first kappa shape index (κ1) is 26.0. The van der Waals surface area contributed by atoms with Crippen molar-refractivity contribution in [3.8, 4) is 0 Å². The van der Waals surface area contributed by atoms with Crippen molar-refractivity contribution in [2.45, 2.75) is 50.3 Å². The Morgan fingerprint density at radius 1 is 1.05 bits per heavy atom. The van der Waals surface area contributed by atoms with E-state index in [9.17, 15) is 19.5 Å². The molecule has 1 saturated heterocycles. The molecule has 3 aromatic carbocycles. The second-order valence-corrected chi connectivity index (χ2v) is 11.8. The first-order chi connectivity index (χ1) is 20.8. The maximum absolute atomic E-state index is 14.0. The van der Waals surface area contributed by atoms with Crippen LogP contribution in [0.5, 0.6) is 0 Å². The number of hydrogen-bond acceptors (Lipinski definition) is 5. The number of rotatable bonds is 7. The van der Waals surface area contributed by atoms with E-state index in [1.165, 1.54) is 6.08 Å². The van der Waals surface area contributed by atoms with Crippen LogP contribution in [-0.4, -0.2) is 50.7 Å². The first-order valence-electron chi connectivity index (χ1n) is 14.7. The summed E-state index contributed by atoms with van der Waals surface area (Å²) in [5.74, 6) is -0.841. The molecule has 0 radical (unpaired) electrons. The van der Waals surface area contributed by atoms with Gasteiger partial charge in [-0.1, -0.05) is 43.0 Å². The Hall–Kier alpha value is -4.67. The molecule has 10 nitrogen and oxygen atoms in total. The highest BCUT2D eigenvalue weighted by Gasteiger charge is 2.64. The van der Waals surface area contributed by atoms with Gasteiger partial charge in [-0.3, -0.25) is 14.4 Å². The van der Waals surface area contributed by atoms with Gasteiger partial charge in [-0.2, -0.15) is 0 Å². The molecule has 1 fully saturated rings. The van der Waals surface area contributed by atoms with Crippen molar-refractivity contribution in [3.05, 3.63) is 72.3 Å². The molecule has 2 aromatic heterocycles. The van der Waals surface area contributed by atoms with Gasteiger partial charge in [0.25, 0.3) is 11.8 Å². The summed E-state index contributed by atoms with van der Waals surface area (Å²) in [5.41, 5.74) is 1.65. The molecule has 4 N–H and O–H groups in total. The summed E-state index contributed by atoms with van der Waals surface area (Å²) < 4.78 is 10.9. The Labute approximate surface area is 246 Å². The molecule has 3 atom stereocenters. The topological polar surface area (TPSA) is 127 Å². The van der Waals surface area contributed by atoms with Crippen molar-refractivity contribution in [1.82, 2.24) is 25.1 Å². The molecular weight excluding hydrogens is 546 g/mol. The molecule has 2 bridgehead atoms. The van der Waals surface area contributed by atoms with Crippen molar-refractivity contribution in [3.63, 3.8) is 0 Å². The van der Waals surface area contributed by atoms with Crippen molar-refractivity contribution >= 4 is 61.3 Å². The molecule has 8 rings (SSSR count). The fraction of sp³-hybridized carbons (Fsp3) is 0.303. The average molecular weight is 578 g/mol. The van der Waals surface area contributed by atoms with Gasteiger partial charge in [0.05, 0.1) is 27.6 Å². The van der Waals surface area contributed by atoms with Gasteiger partial charge in [0.1, 0.15) is 6.23 Å². The number of para-hydroxylation sites is 2. The zero-order chi connectivity index (χ0) is 29.7. The minimum absolute atomic E-state index is 0.0230. The Morgan fingerprint density at radius 2 is 1.72 bits per heavy atom. The molecule has 3 aliphatic heterocycles. The van der Waals surface area contributed by atoms with E-state index >= 15 is 0 Å². The lowest BCUT2D eigenvalue weighted by Crippen LogP contribution is -2.59. The average Bonchev–Trinajstić information content (AvgIpc) is 3.71. The van der Waals surface area contributed by atoms with Crippen molar-refractivity contribution in [2.75, 3.05) is 13.1 Å². The van der Waals surface area contributed by atoms with E-state index in [0.717, 1.165) is 49.2 Å². The zero-order valence-electron chi connectivity index (χ0n) is 23.7. The smallest absolute Gasteiger partial charge is 0.257 e. The zero-order valence-corrected chi connectivity index (χ0v) is 23.7. The molecule has 3 aliphatic rings. The van der Waals surface area contributed by atoms with Crippen LogP contribution in [0.25, 0.3) is 43.6 Å². The number of ether oxygens (including phenoxy) is 1. The van der Waals surface area contributed by atoms with Crippen molar-refractivity contribution in [1.29, 1.82) is 0 Å². The number of fused-ring (bicyclic) bond motifs is 13. The minimum Gasteiger partial charge on any atom is -0.376 e. The molecule has 0 saturated carbocycles. The quantitative estimate of drug-likeness (QED) is 0.173. The molecule has 0 spiro atoms. The lowest BCUT2D eigenvalue weighted by Gasteiger charge is -2.38. The second-order valence-electron chi connectivity index (χ2n) is 11.8. The Balaban J connectivity index is 1.33. The summed E-state index contributed by atoms with van der Waals surface area (Å²) >= 11 is 0. The van der Waals surface area contributed by atoms with Crippen LogP contribution in [0.3, 0.4) is 0 Å². The van der Waals surface area contributed by atoms with Crippen LogP contribution in [0, 0.1) is 0 Å². The van der Waals surface area contributed by atoms with Gasteiger partial charge in [0, 0.05) is 47.6 Å². The summed E-state index contributed by atoms with van der Waals surface area (Å²) in [7, 11) is 0. The maximum atomic E-state index is 14.0. The number of unbranched alkanes of at least 4 members (excludes halogenated alkanes) is 1. The third kappa shape index (κ3) is 3.22. The predicted octanol–water partition coefficient (Wildman–Crippen LogP) is 3.68. The van der Waals surface area contributed by atoms with E-state index in [1.54, 1.807) is 6.92 Å². The monoisotopic (exact) mass is 577 g/mol. The van der Waals surface area contributed by atoms with Gasteiger partial charge in [0.2, 0.25) is 5.91 Å². The summed E-state index contributed by atoms with van der Waals surface area (Å²) in [6.07, 6.45) is 1.87. The third-order valence-corrected chi connectivity index (χ3v) is 9.58. The van der Waals surface area contributed by atoms with Crippen molar-refractivity contribution in [2.24, 2.45) is 0 Å². The Morgan fingerprint density at radius 3 is 2.47 bits per heavy atom. The number of benzene rings is 3. The molecule has 218 valence electrons. The molecule has 43 heavy (non-hydrogen) atoms. The summed E-state index contributed by atoms with van der Waals surface area (Å²) in [6, 6.07) is 15.8. The van der Waals surface area contributed by atoms with Crippen LogP contribution in [0.2, 0.25) is 0 Å². The third-order valence-electron chi connectivity index (χ3n) is 9.58. The standard InChI is InChI=1S/C33H31N5O5/c1-3-23(39)34-14-8-9-15-35-31(41)33(42)16-24-37-21-12-6-4-10-18(21)26-27-20(17-36-30(27)40)25-19-11-5-7-13-22(19)38(29(25)28(26)37)32(33,2)43-24/h3-7,10-13,24,42H,1,8-9,14-17H2,2H3,(H,34,39)(H,35,41)(H,36,40)/t24?,32-,33-/m0/s1. The number of nitrogens with one attached hydrogen (secondary N) is 3. The van der Waals surface area contributed by atoms with E-state index in [4.69, 9.17) is 4.74 Å². The number of amides is 3. The Bertz CT molecular complexity index is 2070. The van der Waals surface area contributed by atoms with Crippen LogP contribution >= 0.6 is 0 Å². The fourth-order valence-corrected chi connectivity index (χ4v) is 7.63. The molecule has 1 unspecified atom stereocenters. The Kier molecular flexibility index (Phi) is 5.39. The van der Waals surface area contributed by atoms with Gasteiger partial charge in [0.15, 0.2) is 11.3 Å². The predicted molar refractivity (Wildman–Crippen MR) is 162 cm³/mol. The summed E-state index contributed by atoms with van der Waals surface area (Å²) in [6.45, 7) is 6.44. The van der Waals surface area contributed by atoms with Crippen LogP contribution in [0.15, 0.2) is 61.2 Å². The summed E-state index contributed by atoms with van der Waals surface area (Å²) in [4.78, 5) is 38.8. The van der Waals surface area contributed by atoms with Gasteiger partial charge in [-0.05, 0) is 43.5 Å².